The predicted molar refractivity (Wildman–Crippen MR) is 76.2 cm³/mol. The van der Waals surface area contributed by atoms with Crippen molar-refractivity contribution in [2.24, 2.45) is 5.41 Å². The monoisotopic (exact) mass is 261 g/mol. The molecule has 0 aromatic heterocycles. The molecule has 0 spiro atoms. The van der Waals surface area contributed by atoms with Gasteiger partial charge in [0.05, 0.1) is 0 Å². The van der Waals surface area contributed by atoms with E-state index in [4.69, 9.17) is 0 Å². The van der Waals surface area contributed by atoms with E-state index in [0.29, 0.717) is 5.56 Å². The van der Waals surface area contributed by atoms with Gasteiger partial charge in [0.25, 0.3) is 0 Å². The Morgan fingerprint density at radius 3 is 2.58 bits per heavy atom. The molecule has 0 N–H and O–H groups in total. The second-order valence-electron chi connectivity index (χ2n) is 6.00. The van der Waals surface area contributed by atoms with Crippen LogP contribution in [-0.4, -0.2) is 19.4 Å². The van der Waals surface area contributed by atoms with Crippen LogP contribution in [0.4, 0.5) is 10.1 Å². The van der Waals surface area contributed by atoms with Gasteiger partial charge >= 0.3 is 0 Å². The molecular weight excluding hydrogens is 241 g/mol. The zero-order valence-electron chi connectivity index (χ0n) is 11.7. The minimum atomic E-state index is -0.367. The Bertz CT molecular complexity index is 514. The fourth-order valence-electron chi connectivity index (χ4n) is 2.48. The standard InChI is InChI=1S/C16H20FNO/c1-16(2,3)13-6-8-18(9-7-13)15-5-4-14(17)10-12(15)11-19/h4-6,10-11H,7-9H2,1-3H3. The Hall–Kier alpha value is -1.64. The van der Waals surface area contributed by atoms with E-state index in [1.165, 1.54) is 17.7 Å². The SMILES string of the molecule is CC(C)(C)C1=CCN(c2ccc(F)cc2C=O)CC1. The molecule has 19 heavy (non-hydrogen) atoms. The van der Waals surface area contributed by atoms with Crippen LogP contribution in [0.1, 0.15) is 37.6 Å². The summed E-state index contributed by atoms with van der Waals surface area (Å²) in [6.07, 6.45) is 3.93. The highest BCUT2D eigenvalue weighted by Crippen LogP contribution is 2.32. The lowest BCUT2D eigenvalue weighted by Gasteiger charge is -2.34. The Kier molecular flexibility index (Phi) is 3.74. The highest BCUT2D eigenvalue weighted by molar-refractivity contribution is 5.84. The molecule has 0 aliphatic carbocycles. The second-order valence-corrected chi connectivity index (χ2v) is 6.00. The number of nitrogens with zero attached hydrogens (tertiary/aromatic N) is 1. The molecule has 2 nitrogen and oxygen atoms in total. The van der Waals surface area contributed by atoms with Crippen molar-refractivity contribution in [2.75, 3.05) is 18.0 Å². The number of carbonyl (C=O) groups is 1. The van der Waals surface area contributed by atoms with Gasteiger partial charge in [-0.2, -0.15) is 0 Å². The zero-order chi connectivity index (χ0) is 14.0. The van der Waals surface area contributed by atoms with Crippen molar-refractivity contribution in [1.82, 2.24) is 0 Å². The van der Waals surface area contributed by atoms with Gasteiger partial charge in [0, 0.05) is 24.3 Å². The summed E-state index contributed by atoms with van der Waals surface area (Å²) in [5.41, 5.74) is 2.88. The first-order valence-electron chi connectivity index (χ1n) is 6.61. The molecule has 0 fully saturated rings. The molecule has 2 rings (SSSR count). The molecule has 1 aromatic rings. The van der Waals surface area contributed by atoms with E-state index in [2.05, 4.69) is 31.7 Å². The average molecular weight is 261 g/mol. The van der Waals surface area contributed by atoms with Gasteiger partial charge in [-0.15, -0.1) is 0 Å². The molecule has 0 saturated heterocycles. The van der Waals surface area contributed by atoms with E-state index in [1.807, 2.05) is 0 Å². The lowest BCUT2D eigenvalue weighted by Crippen LogP contribution is -2.31. The summed E-state index contributed by atoms with van der Waals surface area (Å²) in [6, 6.07) is 4.39. The molecule has 1 heterocycles. The Balaban J connectivity index is 2.23. The van der Waals surface area contributed by atoms with Gasteiger partial charge < -0.3 is 4.90 Å². The smallest absolute Gasteiger partial charge is 0.152 e. The van der Waals surface area contributed by atoms with Crippen LogP contribution in [0, 0.1) is 11.2 Å². The highest BCUT2D eigenvalue weighted by atomic mass is 19.1. The molecule has 1 aliphatic rings. The van der Waals surface area contributed by atoms with Crippen LogP contribution in [0.2, 0.25) is 0 Å². The normalized spacial score (nSPS) is 16.2. The lowest BCUT2D eigenvalue weighted by atomic mass is 9.83. The summed E-state index contributed by atoms with van der Waals surface area (Å²) in [6.45, 7) is 8.28. The Morgan fingerprint density at radius 2 is 2.05 bits per heavy atom. The van der Waals surface area contributed by atoms with Crippen molar-refractivity contribution in [3.05, 3.63) is 41.2 Å². The van der Waals surface area contributed by atoms with E-state index in [1.54, 1.807) is 6.07 Å². The van der Waals surface area contributed by atoms with E-state index < -0.39 is 0 Å². The third-order valence-electron chi connectivity index (χ3n) is 3.63. The molecule has 102 valence electrons. The minimum Gasteiger partial charge on any atom is -0.367 e. The molecule has 0 bridgehead atoms. The van der Waals surface area contributed by atoms with Gasteiger partial charge in [-0.25, -0.2) is 4.39 Å². The summed E-state index contributed by atoms with van der Waals surface area (Å²) >= 11 is 0. The van der Waals surface area contributed by atoms with E-state index in [0.717, 1.165) is 31.5 Å². The number of rotatable bonds is 2. The molecule has 0 atom stereocenters. The van der Waals surface area contributed by atoms with Crippen LogP contribution in [0.15, 0.2) is 29.8 Å². The molecule has 1 aromatic carbocycles. The van der Waals surface area contributed by atoms with Gasteiger partial charge in [0.1, 0.15) is 5.82 Å². The van der Waals surface area contributed by atoms with Crippen molar-refractivity contribution >= 4 is 12.0 Å². The summed E-state index contributed by atoms with van der Waals surface area (Å²) < 4.78 is 13.1. The molecule has 0 amide bonds. The number of carbonyl (C=O) groups excluding carboxylic acids is 1. The molecule has 0 radical (unpaired) electrons. The fourth-order valence-corrected chi connectivity index (χ4v) is 2.48. The Labute approximate surface area is 113 Å². The van der Waals surface area contributed by atoms with Crippen molar-refractivity contribution in [3.63, 3.8) is 0 Å². The van der Waals surface area contributed by atoms with Crippen molar-refractivity contribution in [2.45, 2.75) is 27.2 Å². The van der Waals surface area contributed by atoms with Crippen LogP contribution < -0.4 is 4.90 Å². The number of hydrogen-bond donors (Lipinski definition) is 0. The summed E-state index contributed by atoms with van der Waals surface area (Å²) in [5.74, 6) is -0.367. The zero-order valence-corrected chi connectivity index (χ0v) is 11.7. The van der Waals surface area contributed by atoms with Gasteiger partial charge in [0.15, 0.2) is 6.29 Å². The molecular formula is C16H20FNO. The Morgan fingerprint density at radius 1 is 1.32 bits per heavy atom. The second kappa shape index (κ2) is 5.16. The first kappa shape index (κ1) is 13.8. The maximum absolute atomic E-state index is 13.1. The van der Waals surface area contributed by atoms with Gasteiger partial charge in [-0.1, -0.05) is 32.4 Å². The molecule has 0 unspecified atom stereocenters. The van der Waals surface area contributed by atoms with E-state index >= 15 is 0 Å². The van der Waals surface area contributed by atoms with Gasteiger partial charge in [0.2, 0.25) is 0 Å². The van der Waals surface area contributed by atoms with E-state index in [9.17, 15) is 9.18 Å². The average Bonchev–Trinajstić information content (AvgIpc) is 2.37. The van der Waals surface area contributed by atoms with Crippen LogP contribution in [-0.2, 0) is 0 Å². The number of anilines is 1. The maximum atomic E-state index is 13.1. The topological polar surface area (TPSA) is 20.3 Å². The van der Waals surface area contributed by atoms with E-state index in [-0.39, 0.29) is 11.2 Å². The largest absolute Gasteiger partial charge is 0.367 e. The first-order valence-corrected chi connectivity index (χ1v) is 6.61. The number of hydrogen-bond acceptors (Lipinski definition) is 2. The quantitative estimate of drug-likeness (QED) is 0.596. The molecule has 0 saturated carbocycles. The summed E-state index contributed by atoms with van der Waals surface area (Å²) in [5, 5.41) is 0. The van der Waals surface area contributed by atoms with Crippen molar-refractivity contribution < 1.29 is 9.18 Å². The van der Waals surface area contributed by atoms with Gasteiger partial charge in [-0.3, -0.25) is 4.79 Å². The molecule has 1 aliphatic heterocycles. The summed E-state index contributed by atoms with van der Waals surface area (Å²) in [7, 11) is 0. The number of benzene rings is 1. The third-order valence-corrected chi connectivity index (χ3v) is 3.63. The van der Waals surface area contributed by atoms with Crippen LogP contribution in [0.3, 0.4) is 0 Å². The number of aldehydes is 1. The lowest BCUT2D eigenvalue weighted by molar-refractivity contribution is 0.112. The van der Waals surface area contributed by atoms with Crippen LogP contribution >= 0.6 is 0 Å². The summed E-state index contributed by atoms with van der Waals surface area (Å²) in [4.78, 5) is 13.2. The third kappa shape index (κ3) is 3.03. The van der Waals surface area contributed by atoms with Gasteiger partial charge in [-0.05, 0) is 30.0 Å². The highest BCUT2D eigenvalue weighted by Gasteiger charge is 2.22. The minimum absolute atomic E-state index is 0.197. The fraction of sp³-hybridized carbons (Fsp3) is 0.438. The predicted octanol–water partition coefficient (Wildman–Crippen LogP) is 3.82. The number of halogens is 1. The van der Waals surface area contributed by atoms with Crippen LogP contribution in [0.25, 0.3) is 0 Å². The maximum Gasteiger partial charge on any atom is 0.152 e. The van der Waals surface area contributed by atoms with Crippen molar-refractivity contribution in [3.8, 4) is 0 Å². The van der Waals surface area contributed by atoms with Crippen molar-refractivity contribution in [1.29, 1.82) is 0 Å². The first-order chi connectivity index (χ1) is 8.91. The van der Waals surface area contributed by atoms with Crippen LogP contribution in [0.5, 0.6) is 0 Å². The molecule has 3 heteroatoms.